The van der Waals surface area contributed by atoms with Gasteiger partial charge < -0.3 is 14.6 Å². The quantitative estimate of drug-likeness (QED) is 0.271. The summed E-state index contributed by atoms with van der Waals surface area (Å²) in [6.07, 6.45) is 4.66. The Morgan fingerprint density at radius 1 is 0.868 bits per heavy atom. The molecule has 0 saturated carbocycles. The first kappa shape index (κ1) is 24.3. The van der Waals surface area contributed by atoms with Gasteiger partial charge in [-0.25, -0.2) is 9.97 Å². The van der Waals surface area contributed by atoms with Crippen molar-refractivity contribution in [1.29, 1.82) is 0 Å². The van der Waals surface area contributed by atoms with Gasteiger partial charge in [-0.2, -0.15) is 0 Å². The second-order valence-electron chi connectivity index (χ2n) is 10.1. The average molecular weight is 504 g/mol. The van der Waals surface area contributed by atoms with E-state index in [1.165, 1.54) is 39.2 Å². The third kappa shape index (κ3) is 4.92. The van der Waals surface area contributed by atoms with E-state index in [-0.39, 0.29) is 0 Å². The van der Waals surface area contributed by atoms with Crippen LogP contribution in [0.15, 0.2) is 66.9 Å². The maximum absolute atomic E-state index is 5.92. The van der Waals surface area contributed by atoms with Crippen molar-refractivity contribution in [2.75, 3.05) is 5.32 Å². The minimum Gasteiger partial charge on any atom is -0.370 e. The number of nitrogens with zero attached hydrogens (tertiary/aromatic N) is 4. The third-order valence-electron chi connectivity index (χ3n) is 7.28. The molecule has 192 valence electrons. The number of rotatable bonds is 7. The molecule has 0 radical (unpaired) electrons. The number of hydrogen-bond donors (Lipinski definition) is 1. The van der Waals surface area contributed by atoms with Crippen LogP contribution in [-0.4, -0.2) is 19.5 Å². The number of fused-ring (bicyclic) bond motifs is 3. The molecule has 1 aliphatic rings. The highest BCUT2D eigenvalue weighted by atomic mass is 16.5. The van der Waals surface area contributed by atoms with Crippen LogP contribution in [-0.2, 0) is 43.8 Å². The van der Waals surface area contributed by atoms with Gasteiger partial charge in [-0.3, -0.25) is 4.98 Å². The molecular weight excluding hydrogens is 470 g/mol. The Morgan fingerprint density at radius 3 is 2.37 bits per heavy atom. The highest BCUT2D eigenvalue weighted by Gasteiger charge is 2.17. The molecule has 6 heteroatoms. The number of aromatic nitrogens is 4. The van der Waals surface area contributed by atoms with Gasteiger partial charge in [-0.1, -0.05) is 37.3 Å². The summed E-state index contributed by atoms with van der Waals surface area (Å²) in [5.74, 6) is 1.08. The van der Waals surface area contributed by atoms with Crippen molar-refractivity contribution < 1.29 is 4.74 Å². The zero-order chi connectivity index (χ0) is 26.1. The van der Waals surface area contributed by atoms with E-state index >= 15 is 0 Å². The van der Waals surface area contributed by atoms with Gasteiger partial charge in [0.2, 0.25) is 0 Å². The highest BCUT2D eigenvalue weighted by molar-refractivity contribution is 5.76. The van der Waals surface area contributed by atoms with E-state index in [2.05, 4.69) is 78.1 Å². The first-order valence-corrected chi connectivity index (χ1v) is 13.4. The molecule has 0 unspecified atom stereocenters. The van der Waals surface area contributed by atoms with Crippen molar-refractivity contribution >= 4 is 22.5 Å². The molecule has 0 bridgehead atoms. The van der Waals surface area contributed by atoms with Crippen LogP contribution in [0, 0.1) is 13.8 Å². The van der Waals surface area contributed by atoms with Crippen LogP contribution in [0.2, 0.25) is 0 Å². The number of benzene rings is 2. The molecule has 4 heterocycles. The monoisotopic (exact) mass is 503 g/mol. The molecule has 1 aliphatic heterocycles. The second-order valence-corrected chi connectivity index (χ2v) is 10.1. The largest absolute Gasteiger partial charge is 0.370 e. The van der Waals surface area contributed by atoms with Gasteiger partial charge in [-0.15, -0.1) is 0 Å². The topological polar surface area (TPSA) is 64.9 Å². The molecule has 0 aliphatic carbocycles. The van der Waals surface area contributed by atoms with Gasteiger partial charge in [0.15, 0.2) is 5.65 Å². The van der Waals surface area contributed by atoms with E-state index in [0.717, 1.165) is 54.2 Å². The van der Waals surface area contributed by atoms with Crippen LogP contribution in [0.25, 0.3) is 11.2 Å². The molecule has 5 aromatic rings. The summed E-state index contributed by atoms with van der Waals surface area (Å²) in [4.78, 5) is 14.1. The predicted molar refractivity (Wildman–Crippen MR) is 152 cm³/mol. The molecule has 0 saturated heterocycles. The van der Waals surface area contributed by atoms with E-state index in [9.17, 15) is 0 Å². The van der Waals surface area contributed by atoms with Crippen molar-refractivity contribution in [3.63, 3.8) is 0 Å². The Morgan fingerprint density at radius 2 is 1.63 bits per heavy atom. The van der Waals surface area contributed by atoms with Crippen LogP contribution in [0.5, 0.6) is 0 Å². The van der Waals surface area contributed by atoms with Crippen molar-refractivity contribution in [2.24, 2.45) is 0 Å². The summed E-state index contributed by atoms with van der Waals surface area (Å²) < 4.78 is 8.21. The average Bonchev–Trinajstić information content (AvgIpc) is 3.16. The van der Waals surface area contributed by atoms with Crippen molar-refractivity contribution in [1.82, 2.24) is 19.5 Å². The van der Waals surface area contributed by atoms with E-state index in [1.807, 2.05) is 18.2 Å². The van der Waals surface area contributed by atoms with E-state index in [0.29, 0.717) is 13.2 Å². The van der Waals surface area contributed by atoms with Crippen molar-refractivity contribution in [3.05, 3.63) is 112 Å². The maximum Gasteiger partial charge on any atom is 0.160 e. The van der Waals surface area contributed by atoms with Crippen LogP contribution in [0.1, 0.15) is 52.0 Å². The van der Waals surface area contributed by atoms with Crippen molar-refractivity contribution in [3.8, 4) is 0 Å². The van der Waals surface area contributed by atoms with Gasteiger partial charge in [0.25, 0.3) is 0 Å². The second kappa shape index (κ2) is 10.4. The number of ether oxygens (including phenoxy) is 1. The Hall–Kier alpha value is -4.03. The molecule has 0 fully saturated rings. The van der Waals surface area contributed by atoms with Crippen LogP contribution >= 0.6 is 0 Å². The Bertz CT molecular complexity index is 1610. The van der Waals surface area contributed by atoms with Gasteiger partial charge in [0.05, 0.1) is 25.5 Å². The first-order chi connectivity index (χ1) is 18.6. The molecule has 2 aromatic carbocycles. The van der Waals surface area contributed by atoms with E-state index in [4.69, 9.17) is 14.7 Å². The van der Waals surface area contributed by atoms with E-state index < -0.39 is 0 Å². The lowest BCUT2D eigenvalue weighted by Crippen LogP contribution is -2.06. The molecular formula is C32H33N5O. The summed E-state index contributed by atoms with van der Waals surface area (Å²) in [5, 5.41) is 3.68. The fraction of sp³-hybridized carbons (Fsp3) is 0.281. The van der Waals surface area contributed by atoms with Crippen LogP contribution in [0.4, 0.5) is 11.4 Å². The lowest BCUT2D eigenvalue weighted by atomic mass is 10.0. The Balaban J connectivity index is 1.19. The predicted octanol–water partition coefficient (Wildman–Crippen LogP) is 6.61. The van der Waals surface area contributed by atoms with Gasteiger partial charge in [0, 0.05) is 29.7 Å². The zero-order valence-electron chi connectivity index (χ0n) is 22.3. The number of nitrogens with one attached hydrogen (secondary N) is 1. The molecule has 3 aromatic heterocycles. The first-order valence-electron chi connectivity index (χ1n) is 13.4. The smallest absolute Gasteiger partial charge is 0.160 e. The molecule has 6 nitrogen and oxygen atoms in total. The Labute approximate surface area is 223 Å². The third-order valence-corrected chi connectivity index (χ3v) is 7.28. The maximum atomic E-state index is 5.92. The fourth-order valence-electron chi connectivity index (χ4n) is 5.38. The van der Waals surface area contributed by atoms with Gasteiger partial charge in [0.1, 0.15) is 11.3 Å². The van der Waals surface area contributed by atoms with Gasteiger partial charge in [-0.05, 0) is 84.8 Å². The standard InChI is InChI=1S/C32H33N5O/c1-4-30-36-31-21(2)15-22(3)34-32(31)37(30)18-23-8-12-28-25(16-23)10-11-26-17-24(9-13-29(26)35-28)19-38-20-27-7-5-6-14-33-27/h5-9,12-17,35H,4,10-11,18-20H2,1-3H3. The highest BCUT2D eigenvalue weighted by Crippen LogP contribution is 2.32. The minimum atomic E-state index is 0.519. The minimum absolute atomic E-state index is 0.519. The summed E-state index contributed by atoms with van der Waals surface area (Å²) in [7, 11) is 0. The number of pyridine rings is 2. The molecule has 6 rings (SSSR count). The molecule has 0 spiro atoms. The summed E-state index contributed by atoms with van der Waals surface area (Å²) in [6, 6.07) is 21.4. The molecule has 0 atom stereocenters. The summed E-state index contributed by atoms with van der Waals surface area (Å²) in [6.45, 7) is 8.21. The number of hydrogen-bond acceptors (Lipinski definition) is 5. The normalized spacial score (nSPS) is 12.6. The fourth-order valence-corrected chi connectivity index (χ4v) is 5.38. The summed E-state index contributed by atoms with van der Waals surface area (Å²) >= 11 is 0. The molecule has 0 amide bonds. The van der Waals surface area contributed by atoms with E-state index in [1.54, 1.807) is 6.20 Å². The molecule has 38 heavy (non-hydrogen) atoms. The van der Waals surface area contributed by atoms with Crippen molar-refractivity contribution in [2.45, 2.75) is 59.8 Å². The molecule has 1 N–H and O–H groups in total. The van der Waals surface area contributed by atoms with Crippen LogP contribution < -0.4 is 5.32 Å². The van der Waals surface area contributed by atoms with Crippen LogP contribution in [0.3, 0.4) is 0 Å². The number of anilines is 2. The summed E-state index contributed by atoms with van der Waals surface area (Å²) in [5.41, 5.74) is 12.6. The number of imidazole rings is 1. The lowest BCUT2D eigenvalue weighted by molar-refractivity contribution is 0.104. The lowest BCUT2D eigenvalue weighted by Gasteiger charge is -2.13. The van der Waals surface area contributed by atoms with Gasteiger partial charge >= 0.3 is 0 Å². The Kier molecular flexibility index (Phi) is 6.64. The SMILES string of the molecule is CCc1nc2c(C)cc(C)nc2n1Cc1ccc2c(c1)CCc1cc(COCc3ccccn3)ccc1N2. The number of aryl methyl sites for hydroxylation is 5. The zero-order valence-corrected chi connectivity index (χ0v) is 22.3.